The first-order valence-electron chi connectivity index (χ1n) is 15.3. The van der Waals surface area contributed by atoms with Crippen molar-refractivity contribution in [2.75, 3.05) is 6.54 Å². The Morgan fingerprint density at radius 2 is 1.16 bits per heavy atom. The van der Waals surface area contributed by atoms with Gasteiger partial charge in [-0.3, -0.25) is 14.4 Å². The number of carbonyl (C=O) groups excluding carboxylic acids is 2. The molecule has 0 aliphatic heterocycles. The smallest absolute Gasteiger partial charge is 0.322 e. The first kappa shape index (κ1) is 35.2. The maximum Gasteiger partial charge on any atom is 0.322 e. The summed E-state index contributed by atoms with van der Waals surface area (Å²) in [7, 11) is 0. The highest BCUT2D eigenvalue weighted by Gasteiger charge is 2.14. The summed E-state index contributed by atoms with van der Waals surface area (Å²) in [6, 6.07) is 0. The van der Waals surface area contributed by atoms with Crippen LogP contribution in [0.2, 0.25) is 0 Å². The van der Waals surface area contributed by atoms with Crippen LogP contribution in [0.15, 0.2) is 12.2 Å². The summed E-state index contributed by atoms with van der Waals surface area (Å²) in [5, 5.41) is 11.0. The van der Waals surface area contributed by atoms with Gasteiger partial charge in [0.1, 0.15) is 12.6 Å². The molecule has 0 aliphatic carbocycles. The summed E-state index contributed by atoms with van der Waals surface area (Å²) in [5.74, 6) is -1.28. The zero-order valence-corrected chi connectivity index (χ0v) is 24.1. The van der Waals surface area contributed by atoms with Crippen molar-refractivity contribution in [1.29, 1.82) is 0 Å². The van der Waals surface area contributed by atoms with E-state index in [-0.39, 0.29) is 24.5 Å². The molecular weight excluding hydrogens is 466 g/mol. The molecule has 0 spiro atoms. The third-order valence-corrected chi connectivity index (χ3v) is 6.69. The van der Waals surface area contributed by atoms with Crippen LogP contribution in [0.4, 0.5) is 0 Å². The van der Waals surface area contributed by atoms with Gasteiger partial charge in [0, 0.05) is 12.8 Å². The lowest BCUT2D eigenvalue weighted by molar-refractivity contribution is -0.150. The van der Waals surface area contributed by atoms with Crippen LogP contribution in [0.3, 0.4) is 0 Å². The maximum atomic E-state index is 12.4. The Kier molecular flexibility index (Phi) is 25.8. The van der Waals surface area contributed by atoms with Crippen molar-refractivity contribution >= 4 is 17.8 Å². The summed E-state index contributed by atoms with van der Waals surface area (Å²) < 4.78 is 5.86. The number of hydrogen-bond acceptors (Lipinski definition) is 4. The van der Waals surface area contributed by atoms with Crippen LogP contribution in [0.5, 0.6) is 0 Å². The zero-order valence-electron chi connectivity index (χ0n) is 24.1. The van der Waals surface area contributed by atoms with E-state index in [1.54, 1.807) is 0 Å². The largest absolute Gasteiger partial charge is 0.480 e. The fourth-order valence-electron chi connectivity index (χ4n) is 4.39. The number of rotatable bonds is 27. The van der Waals surface area contributed by atoms with Crippen LogP contribution in [-0.4, -0.2) is 35.6 Å². The van der Waals surface area contributed by atoms with E-state index in [1.807, 2.05) is 0 Å². The quantitative estimate of drug-likeness (QED) is 0.0642. The number of carboxylic acid groups (broad SMARTS) is 1. The van der Waals surface area contributed by atoms with E-state index in [4.69, 9.17) is 9.84 Å². The summed E-state index contributed by atoms with van der Waals surface area (Å²) in [4.78, 5) is 34.5. The number of amides is 1. The second-order valence-corrected chi connectivity index (χ2v) is 10.4. The van der Waals surface area contributed by atoms with E-state index < -0.39 is 5.97 Å². The Balaban J connectivity index is 3.97. The van der Waals surface area contributed by atoms with Gasteiger partial charge in [-0.05, 0) is 64.2 Å². The van der Waals surface area contributed by atoms with Crippen LogP contribution < -0.4 is 5.32 Å². The monoisotopic (exact) mass is 523 g/mol. The minimum atomic E-state index is -1.02. The molecule has 0 saturated carbocycles. The summed E-state index contributed by atoms with van der Waals surface area (Å²) in [5.41, 5.74) is 0. The molecule has 0 radical (unpaired) electrons. The molecule has 0 rings (SSSR count). The van der Waals surface area contributed by atoms with Crippen molar-refractivity contribution in [3.63, 3.8) is 0 Å². The molecule has 6 heteroatoms. The average molecular weight is 524 g/mol. The fraction of sp³-hybridized carbons (Fsp3) is 0.839. The number of unbranched alkanes of at least 4 members (excludes halogenated alkanes) is 14. The van der Waals surface area contributed by atoms with Crippen LogP contribution in [-0.2, 0) is 19.1 Å². The van der Waals surface area contributed by atoms with Gasteiger partial charge in [-0.2, -0.15) is 0 Å². The van der Waals surface area contributed by atoms with E-state index in [0.29, 0.717) is 12.8 Å². The number of allylic oxidation sites excluding steroid dienone is 2. The first-order valence-corrected chi connectivity index (χ1v) is 15.3. The molecule has 0 heterocycles. The number of aliphatic carboxylic acids is 1. The van der Waals surface area contributed by atoms with Crippen LogP contribution in [0, 0.1) is 0 Å². The van der Waals surface area contributed by atoms with Gasteiger partial charge < -0.3 is 15.2 Å². The number of nitrogens with one attached hydrogen (secondary N) is 1. The predicted octanol–water partition coefficient (Wildman–Crippen LogP) is 8.28. The van der Waals surface area contributed by atoms with E-state index in [0.717, 1.165) is 57.8 Å². The first-order chi connectivity index (χ1) is 18.0. The minimum absolute atomic E-state index is 0.00679. The molecule has 0 aliphatic rings. The normalized spacial score (nSPS) is 12.1. The topological polar surface area (TPSA) is 92.7 Å². The highest BCUT2D eigenvalue weighted by molar-refractivity contribution is 5.80. The second kappa shape index (κ2) is 27.2. The molecule has 0 aromatic heterocycles. The molecule has 2 N–H and O–H groups in total. The standard InChI is InChI=1S/C31H57NO5/c1-3-5-7-9-10-11-12-13-14-15-16-22-26-31(36)37-28(23-19-8-6-4-2)24-20-17-18-21-25-29(33)32-27-30(34)35/h10-11,28H,3-9,12-27H2,1-2H3,(H,32,33)(H,34,35)/b11-10-. The number of esters is 1. The van der Waals surface area contributed by atoms with Crippen molar-refractivity contribution in [3.8, 4) is 0 Å². The van der Waals surface area contributed by atoms with Gasteiger partial charge in [-0.15, -0.1) is 0 Å². The second-order valence-electron chi connectivity index (χ2n) is 10.4. The number of carbonyl (C=O) groups is 3. The summed E-state index contributed by atoms with van der Waals surface area (Å²) in [6.45, 7) is 4.12. The fourth-order valence-corrected chi connectivity index (χ4v) is 4.39. The SMILES string of the molecule is CCCCC/C=C\CCCCCCCC(=O)OC(CCCCCC)CCCCCCC(=O)NCC(=O)O. The molecule has 1 atom stereocenters. The molecule has 216 valence electrons. The zero-order chi connectivity index (χ0) is 27.4. The molecular formula is C31H57NO5. The lowest BCUT2D eigenvalue weighted by Crippen LogP contribution is -2.28. The third kappa shape index (κ3) is 27.0. The minimum Gasteiger partial charge on any atom is -0.480 e. The molecule has 0 bridgehead atoms. The predicted molar refractivity (Wildman–Crippen MR) is 153 cm³/mol. The van der Waals surface area contributed by atoms with Crippen molar-refractivity contribution in [1.82, 2.24) is 5.32 Å². The molecule has 37 heavy (non-hydrogen) atoms. The van der Waals surface area contributed by atoms with Crippen molar-refractivity contribution in [2.45, 2.75) is 161 Å². The van der Waals surface area contributed by atoms with Crippen molar-refractivity contribution in [2.24, 2.45) is 0 Å². The van der Waals surface area contributed by atoms with Gasteiger partial charge in [0.2, 0.25) is 5.91 Å². The Morgan fingerprint density at radius 3 is 1.78 bits per heavy atom. The molecule has 0 saturated heterocycles. The number of hydrogen-bond donors (Lipinski definition) is 2. The average Bonchev–Trinajstić information content (AvgIpc) is 2.87. The third-order valence-electron chi connectivity index (χ3n) is 6.69. The van der Waals surface area contributed by atoms with Gasteiger partial charge in [0.15, 0.2) is 0 Å². The van der Waals surface area contributed by atoms with Crippen LogP contribution >= 0.6 is 0 Å². The Hall–Kier alpha value is -1.85. The molecule has 0 aromatic rings. The van der Waals surface area contributed by atoms with Gasteiger partial charge >= 0.3 is 11.9 Å². The maximum absolute atomic E-state index is 12.4. The van der Waals surface area contributed by atoms with E-state index in [9.17, 15) is 14.4 Å². The lowest BCUT2D eigenvalue weighted by Gasteiger charge is -2.18. The van der Waals surface area contributed by atoms with Crippen LogP contribution in [0.1, 0.15) is 155 Å². The van der Waals surface area contributed by atoms with Crippen LogP contribution in [0.25, 0.3) is 0 Å². The molecule has 0 fully saturated rings. The van der Waals surface area contributed by atoms with Gasteiger partial charge in [-0.25, -0.2) is 0 Å². The number of ether oxygens (including phenoxy) is 1. The summed E-state index contributed by atoms with van der Waals surface area (Å²) in [6.07, 6.45) is 27.7. The van der Waals surface area contributed by atoms with Crippen molar-refractivity contribution in [3.05, 3.63) is 12.2 Å². The molecule has 1 unspecified atom stereocenters. The lowest BCUT2D eigenvalue weighted by atomic mass is 10.0. The Morgan fingerprint density at radius 1 is 0.676 bits per heavy atom. The van der Waals surface area contributed by atoms with E-state index in [1.165, 1.54) is 70.6 Å². The molecule has 6 nitrogen and oxygen atoms in total. The summed E-state index contributed by atoms with van der Waals surface area (Å²) >= 11 is 0. The van der Waals surface area contributed by atoms with E-state index >= 15 is 0 Å². The highest BCUT2D eigenvalue weighted by Crippen LogP contribution is 2.17. The van der Waals surface area contributed by atoms with Gasteiger partial charge in [0.05, 0.1) is 0 Å². The molecule has 1 amide bonds. The van der Waals surface area contributed by atoms with E-state index in [2.05, 4.69) is 31.3 Å². The molecule has 0 aromatic carbocycles. The van der Waals surface area contributed by atoms with Crippen molar-refractivity contribution < 1.29 is 24.2 Å². The highest BCUT2D eigenvalue weighted by atomic mass is 16.5. The van der Waals surface area contributed by atoms with Gasteiger partial charge in [0.25, 0.3) is 0 Å². The Labute approximate surface area is 227 Å². The number of carboxylic acids is 1. The Bertz CT molecular complexity index is 590. The van der Waals surface area contributed by atoms with Gasteiger partial charge in [-0.1, -0.05) is 90.2 Å².